The Bertz CT molecular complexity index is 522. The molecule has 2 aliphatic rings. The number of aliphatic hydroxyl groups is 1. The number of ether oxygens (including phenoxy) is 3. The summed E-state index contributed by atoms with van der Waals surface area (Å²) < 4.78 is 16.7. The Kier molecular flexibility index (Phi) is 4.23. The Morgan fingerprint density at radius 2 is 2.14 bits per heavy atom. The van der Waals surface area contributed by atoms with Crippen molar-refractivity contribution >= 4 is 0 Å². The van der Waals surface area contributed by atoms with Gasteiger partial charge in [0.25, 0.3) is 0 Å². The number of benzene rings is 1. The lowest BCUT2D eigenvalue weighted by Gasteiger charge is -2.36. The highest BCUT2D eigenvalue weighted by Crippen LogP contribution is 2.32. The number of azide groups is 1. The third-order valence-corrected chi connectivity index (χ3v) is 3.53. The number of hydrogen-bond acceptors (Lipinski definition) is 6. The molecule has 21 heavy (non-hydrogen) atoms. The van der Waals surface area contributed by atoms with Gasteiger partial charge >= 0.3 is 0 Å². The molecule has 2 fully saturated rings. The summed E-state index contributed by atoms with van der Waals surface area (Å²) in [7, 11) is 0. The molecule has 2 heterocycles. The van der Waals surface area contributed by atoms with Gasteiger partial charge < -0.3 is 24.2 Å². The maximum Gasteiger partial charge on any atom is 0.198 e. The van der Waals surface area contributed by atoms with Gasteiger partial charge in [0.1, 0.15) is 23.6 Å². The van der Waals surface area contributed by atoms with Gasteiger partial charge in [0.2, 0.25) is 0 Å². The molecule has 1 aromatic carbocycles. The number of rotatable bonds is 5. The van der Waals surface area contributed by atoms with Crippen molar-refractivity contribution in [3.8, 4) is 0 Å². The van der Waals surface area contributed by atoms with Crippen LogP contribution in [0.4, 0.5) is 0 Å². The maximum atomic E-state index is 10.3. The Balaban J connectivity index is 1.67. The lowest BCUT2D eigenvalue weighted by molar-refractivity contribution is -0.254. The van der Waals surface area contributed by atoms with E-state index in [4.69, 9.17) is 24.6 Å². The van der Waals surface area contributed by atoms with Crippen LogP contribution in [-0.4, -0.2) is 42.4 Å². The van der Waals surface area contributed by atoms with Crippen molar-refractivity contribution in [1.29, 1.82) is 0 Å². The van der Waals surface area contributed by atoms with Gasteiger partial charge in [-0.2, -0.15) is 0 Å². The highest BCUT2D eigenvalue weighted by atomic mass is 16.8. The third kappa shape index (κ3) is 2.94. The van der Waals surface area contributed by atoms with E-state index in [9.17, 15) is 5.11 Å². The first-order valence-corrected chi connectivity index (χ1v) is 6.60. The standard InChI is InChI=1S/C13H15N3O5/c14-15-16-21-12-10(17)11(9-7-19-13(12)20-9)18-6-8-4-2-1-3-5-8/h1-5,9-13,17H,6-7H2/t9-,10+,11-,12-,13-/m1/s1. The Hall–Kier alpha value is -1.83. The van der Waals surface area contributed by atoms with E-state index in [0.717, 1.165) is 5.56 Å². The molecule has 2 bridgehead atoms. The number of nitrogens with zero attached hydrogens (tertiary/aromatic N) is 3. The summed E-state index contributed by atoms with van der Waals surface area (Å²) in [6, 6.07) is 9.60. The summed E-state index contributed by atoms with van der Waals surface area (Å²) >= 11 is 0. The lowest BCUT2D eigenvalue weighted by Crippen LogP contribution is -2.55. The zero-order chi connectivity index (χ0) is 14.7. The van der Waals surface area contributed by atoms with Crippen LogP contribution in [0.5, 0.6) is 0 Å². The fourth-order valence-electron chi connectivity index (χ4n) is 2.51. The van der Waals surface area contributed by atoms with Crippen molar-refractivity contribution in [3.05, 3.63) is 46.3 Å². The Morgan fingerprint density at radius 3 is 2.90 bits per heavy atom. The highest BCUT2D eigenvalue weighted by molar-refractivity contribution is 5.13. The van der Waals surface area contributed by atoms with Crippen LogP contribution in [0.25, 0.3) is 10.4 Å². The summed E-state index contributed by atoms with van der Waals surface area (Å²) in [4.78, 5) is 7.39. The number of hydrogen-bond donors (Lipinski definition) is 1. The monoisotopic (exact) mass is 293 g/mol. The molecule has 8 heteroatoms. The molecular weight excluding hydrogens is 278 g/mol. The quantitative estimate of drug-likeness (QED) is 0.381. The second-order valence-corrected chi connectivity index (χ2v) is 4.87. The van der Waals surface area contributed by atoms with Crippen LogP contribution in [0.2, 0.25) is 0 Å². The predicted molar refractivity (Wildman–Crippen MR) is 69.7 cm³/mol. The Morgan fingerprint density at radius 1 is 1.33 bits per heavy atom. The molecule has 8 nitrogen and oxygen atoms in total. The molecule has 2 aliphatic heterocycles. The smallest absolute Gasteiger partial charge is 0.198 e. The normalized spacial score (nSPS) is 34.2. The molecule has 0 saturated carbocycles. The second kappa shape index (κ2) is 6.30. The summed E-state index contributed by atoms with van der Waals surface area (Å²) in [5, 5.41) is 13.3. The molecule has 3 rings (SSSR count). The molecule has 0 aromatic heterocycles. The van der Waals surface area contributed by atoms with E-state index in [0.29, 0.717) is 13.2 Å². The summed E-state index contributed by atoms with van der Waals surface area (Å²) in [5.74, 6) is 0. The maximum absolute atomic E-state index is 10.3. The van der Waals surface area contributed by atoms with Crippen LogP contribution in [-0.2, 0) is 25.7 Å². The van der Waals surface area contributed by atoms with Crippen LogP contribution >= 0.6 is 0 Å². The molecule has 2 saturated heterocycles. The van der Waals surface area contributed by atoms with Gasteiger partial charge in [0.05, 0.1) is 13.2 Å². The molecular formula is C13H15N3O5. The first-order chi connectivity index (χ1) is 10.3. The van der Waals surface area contributed by atoms with Gasteiger partial charge in [-0.25, -0.2) is 0 Å². The third-order valence-electron chi connectivity index (χ3n) is 3.53. The Labute approximate surface area is 120 Å². The van der Waals surface area contributed by atoms with Gasteiger partial charge in [-0.3, -0.25) is 0 Å². The van der Waals surface area contributed by atoms with Gasteiger partial charge in [-0.15, -0.1) is 0 Å². The minimum absolute atomic E-state index is 0.303. The van der Waals surface area contributed by atoms with Gasteiger partial charge in [-0.1, -0.05) is 30.3 Å². The molecule has 1 aromatic rings. The van der Waals surface area contributed by atoms with Crippen molar-refractivity contribution in [3.63, 3.8) is 0 Å². The average molecular weight is 293 g/mol. The molecule has 112 valence electrons. The van der Waals surface area contributed by atoms with Gasteiger partial charge in [0.15, 0.2) is 12.4 Å². The van der Waals surface area contributed by atoms with Gasteiger partial charge in [0, 0.05) is 4.91 Å². The van der Waals surface area contributed by atoms with Crippen molar-refractivity contribution in [2.24, 2.45) is 5.28 Å². The molecule has 0 unspecified atom stereocenters. The molecule has 5 atom stereocenters. The van der Waals surface area contributed by atoms with Crippen LogP contribution in [0.15, 0.2) is 35.6 Å². The predicted octanol–water partition coefficient (Wildman–Crippen LogP) is 1.30. The fraction of sp³-hybridized carbons (Fsp3) is 0.538. The SMILES string of the molecule is [N-]=[N+]=NO[C@H]1[C@@H]2OC[C@@H](O2)[C@@H](OCc2ccccc2)[C@@H]1O. The molecule has 0 radical (unpaired) electrons. The van der Waals surface area contributed by atoms with E-state index in [1.165, 1.54) is 0 Å². The minimum atomic E-state index is -0.995. The topological polar surface area (TPSA) is 106 Å². The van der Waals surface area contributed by atoms with E-state index in [-0.39, 0.29) is 6.10 Å². The summed E-state index contributed by atoms with van der Waals surface area (Å²) in [6.45, 7) is 0.638. The molecule has 1 N–H and O–H groups in total. The summed E-state index contributed by atoms with van der Waals surface area (Å²) in [6.07, 6.45) is -3.61. The van der Waals surface area contributed by atoms with Crippen LogP contribution in [0.3, 0.4) is 0 Å². The molecule has 0 spiro atoms. The molecule has 0 aliphatic carbocycles. The largest absolute Gasteiger partial charge is 0.422 e. The van der Waals surface area contributed by atoms with Crippen molar-refractivity contribution in [1.82, 2.24) is 0 Å². The zero-order valence-electron chi connectivity index (χ0n) is 11.1. The van der Waals surface area contributed by atoms with E-state index >= 15 is 0 Å². The van der Waals surface area contributed by atoms with E-state index in [2.05, 4.69) is 10.2 Å². The van der Waals surface area contributed by atoms with Crippen molar-refractivity contribution in [2.45, 2.75) is 37.3 Å². The van der Waals surface area contributed by atoms with Crippen molar-refractivity contribution in [2.75, 3.05) is 6.61 Å². The summed E-state index contributed by atoms with van der Waals surface area (Å²) in [5.41, 5.74) is 9.29. The first kappa shape index (κ1) is 14.1. The first-order valence-electron chi connectivity index (χ1n) is 6.60. The van der Waals surface area contributed by atoms with Crippen LogP contribution < -0.4 is 0 Å². The van der Waals surface area contributed by atoms with Gasteiger partial charge in [-0.05, 0) is 11.1 Å². The van der Waals surface area contributed by atoms with E-state index < -0.39 is 24.6 Å². The average Bonchev–Trinajstić information content (AvgIpc) is 2.94. The minimum Gasteiger partial charge on any atom is -0.422 e. The van der Waals surface area contributed by atoms with Crippen LogP contribution in [0, 0.1) is 0 Å². The second-order valence-electron chi connectivity index (χ2n) is 4.87. The molecule has 0 amide bonds. The number of fused-ring (bicyclic) bond motifs is 2. The van der Waals surface area contributed by atoms with Crippen molar-refractivity contribution < 1.29 is 24.2 Å². The lowest BCUT2D eigenvalue weighted by atomic mass is 10.0. The van der Waals surface area contributed by atoms with E-state index in [1.807, 2.05) is 30.3 Å². The fourth-order valence-corrected chi connectivity index (χ4v) is 2.51. The highest BCUT2D eigenvalue weighted by Gasteiger charge is 2.52. The van der Waals surface area contributed by atoms with Crippen LogP contribution in [0.1, 0.15) is 5.56 Å². The van der Waals surface area contributed by atoms with E-state index in [1.54, 1.807) is 0 Å². The zero-order valence-corrected chi connectivity index (χ0v) is 11.1. The number of aliphatic hydroxyl groups excluding tert-OH is 1.